The van der Waals surface area contributed by atoms with Crippen molar-refractivity contribution < 1.29 is 14.3 Å². The van der Waals surface area contributed by atoms with Crippen LogP contribution in [-0.2, 0) is 16.1 Å². The van der Waals surface area contributed by atoms with Gasteiger partial charge >= 0.3 is 0 Å². The van der Waals surface area contributed by atoms with Crippen LogP contribution in [0.4, 0.5) is 0 Å². The van der Waals surface area contributed by atoms with Gasteiger partial charge < -0.3 is 15.0 Å². The van der Waals surface area contributed by atoms with Crippen molar-refractivity contribution >= 4 is 27.7 Å². The maximum atomic E-state index is 12.9. The minimum atomic E-state index is -0.536. The average molecular weight is 447 g/mol. The van der Waals surface area contributed by atoms with Gasteiger partial charge in [0.25, 0.3) is 0 Å². The first-order chi connectivity index (χ1) is 13.5. The lowest BCUT2D eigenvalue weighted by Gasteiger charge is -2.28. The molecule has 1 N–H and O–H groups in total. The lowest BCUT2D eigenvalue weighted by molar-refractivity contribution is -0.140. The Morgan fingerprint density at radius 2 is 1.79 bits per heavy atom. The average Bonchev–Trinajstić information content (AvgIpc) is 2.71. The third-order valence-corrected chi connectivity index (χ3v) is 4.86. The van der Waals surface area contributed by atoms with Crippen molar-refractivity contribution in [1.29, 1.82) is 0 Å². The highest BCUT2D eigenvalue weighted by molar-refractivity contribution is 9.10. The van der Waals surface area contributed by atoms with Crippen molar-refractivity contribution in [3.63, 3.8) is 0 Å². The summed E-state index contributed by atoms with van der Waals surface area (Å²) in [5.41, 5.74) is 0.980. The van der Waals surface area contributed by atoms with Gasteiger partial charge in [-0.3, -0.25) is 9.59 Å². The number of nitrogens with one attached hydrogen (secondary N) is 1. The van der Waals surface area contributed by atoms with Gasteiger partial charge in [-0.2, -0.15) is 0 Å². The molecule has 2 amide bonds. The van der Waals surface area contributed by atoms with Gasteiger partial charge in [0.05, 0.1) is 6.61 Å². The van der Waals surface area contributed by atoms with Gasteiger partial charge in [-0.15, -0.1) is 0 Å². The molecule has 6 heteroatoms. The summed E-state index contributed by atoms with van der Waals surface area (Å²) in [6.07, 6.45) is 0.916. The molecule has 150 valence electrons. The second kappa shape index (κ2) is 11.5. The van der Waals surface area contributed by atoms with Crippen molar-refractivity contribution in [2.45, 2.75) is 39.3 Å². The van der Waals surface area contributed by atoms with E-state index in [1.165, 1.54) is 0 Å². The number of hydrogen-bond acceptors (Lipinski definition) is 3. The van der Waals surface area contributed by atoms with Crippen LogP contribution in [0.5, 0.6) is 5.75 Å². The zero-order valence-corrected chi connectivity index (χ0v) is 17.9. The Morgan fingerprint density at radius 3 is 2.43 bits per heavy atom. The first-order valence-corrected chi connectivity index (χ1v) is 10.3. The Labute approximate surface area is 175 Å². The molecule has 2 aromatic carbocycles. The fourth-order valence-corrected chi connectivity index (χ4v) is 3.03. The molecule has 2 aromatic rings. The number of halogens is 1. The number of benzene rings is 2. The number of carbonyl (C=O) groups is 2. The SMILES string of the molecule is CCNC(=O)C(C)N(Cc1ccc(Br)cc1)C(=O)CCCOc1ccccc1. The number of rotatable bonds is 10. The minimum Gasteiger partial charge on any atom is -0.494 e. The Kier molecular flexibility index (Phi) is 9.01. The highest BCUT2D eigenvalue weighted by Gasteiger charge is 2.25. The van der Waals surface area contributed by atoms with E-state index in [-0.39, 0.29) is 11.8 Å². The standard InChI is InChI=1S/C22H27BrN2O3/c1-3-24-22(27)17(2)25(16-18-11-13-19(23)14-12-18)21(26)10-7-15-28-20-8-5-4-6-9-20/h4-6,8-9,11-14,17H,3,7,10,15-16H2,1-2H3,(H,24,27). The molecule has 0 aliphatic carbocycles. The molecule has 0 aliphatic rings. The quantitative estimate of drug-likeness (QED) is 0.557. The van der Waals surface area contributed by atoms with Crippen LogP contribution < -0.4 is 10.1 Å². The number of para-hydroxylation sites is 1. The zero-order chi connectivity index (χ0) is 20.4. The Hall–Kier alpha value is -2.34. The van der Waals surface area contributed by atoms with Crippen LogP contribution in [0.3, 0.4) is 0 Å². The van der Waals surface area contributed by atoms with E-state index >= 15 is 0 Å². The van der Waals surface area contributed by atoms with Crippen LogP contribution in [0.1, 0.15) is 32.3 Å². The molecule has 28 heavy (non-hydrogen) atoms. The Morgan fingerprint density at radius 1 is 1.11 bits per heavy atom. The number of hydrogen-bond donors (Lipinski definition) is 1. The number of ether oxygens (including phenoxy) is 1. The molecule has 0 bridgehead atoms. The predicted octanol–water partition coefficient (Wildman–Crippen LogP) is 4.16. The second-order valence-electron chi connectivity index (χ2n) is 6.48. The lowest BCUT2D eigenvalue weighted by Crippen LogP contribution is -2.47. The minimum absolute atomic E-state index is 0.0571. The number of likely N-dealkylation sites (N-methyl/N-ethyl adjacent to an activating group) is 1. The van der Waals surface area contributed by atoms with Crippen molar-refractivity contribution in [2.24, 2.45) is 0 Å². The fraction of sp³-hybridized carbons (Fsp3) is 0.364. The number of nitrogens with zero attached hydrogens (tertiary/aromatic N) is 1. The summed E-state index contributed by atoms with van der Waals surface area (Å²) < 4.78 is 6.63. The Balaban J connectivity index is 1.96. The second-order valence-corrected chi connectivity index (χ2v) is 7.40. The summed E-state index contributed by atoms with van der Waals surface area (Å²) in [7, 11) is 0. The monoisotopic (exact) mass is 446 g/mol. The molecular weight excluding hydrogens is 420 g/mol. The summed E-state index contributed by atoms with van der Waals surface area (Å²) in [5, 5.41) is 2.80. The van der Waals surface area contributed by atoms with E-state index in [0.717, 1.165) is 15.8 Å². The van der Waals surface area contributed by atoms with Crippen molar-refractivity contribution in [3.8, 4) is 5.75 Å². The maximum Gasteiger partial charge on any atom is 0.242 e. The third-order valence-electron chi connectivity index (χ3n) is 4.33. The molecule has 1 atom stereocenters. The third kappa shape index (κ3) is 7.00. The van der Waals surface area contributed by atoms with Crippen molar-refractivity contribution in [3.05, 3.63) is 64.6 Å². The van der Waals surface area contributed by atoms with Gasteiger partial charge in [0, 0.05) is 24.0 Å². The molecule has 1 unspecified atom stereocenters. The van der Waals surface area contributed by atoms with Crippen LogP contribution in [0.2, 0.25) is 0 Å². The molecule has 0 aromatic heterocycles. The summed E-state index contributed by atoms with van der Waals surface area (Å²) in [5.74, 6) is 0.587. The van der Waals surface area contributed by atoms with E-state index in [2.05, 4.69) is 21.2 Å². The summed E-state index contributed by atoms with van der Waals surface area (Å²) in [6, 6.07) is 16.8. The van der Waals surface area contributed by atoms with E-state index in [1.807, 2.05) is 61.5 Å². The van der Waals surface area contributed by atoms with Crippen LogP contribution in [-0.4, -0.2) is 35.9 Å². The molecule has 0 aliphatic heterocycles. The zero-order valence-electron chi connectivity index (χ0n) is 16.4. The van der Waals surface area contributed by atoms with Crippen LogP contribution in [0.25, 0.3) is 0 Å². The molecule has 2 rings (SSSR count). The molecular formula is C22H27BrN2O3. The lowest BCUT2D eigenvalue weighted by atomic mass is 10.1. The fourth-order valence-electron chi connectivity index (χ4n) is 2.76. The van der Waals surface area contributed by atoms with Gasteiger partial charge in [-0.05, 0) is 50.1 Å². The van der Waals surface area contributed by atoms with E-state index < -0.39 is 6.04 Å². The molecule has 0 fully saturated rings. The van der Waals surface area contributed by atoms with Gasteiger partial charge in [-0.1, -0.05) is 46.3 Å². The van der Waals surface area contributed by atoms with Gasteiger partial charge in [0.2, 0.25) is 11.8 Å². The molecule has 0 heterocycles. The summed E-state index contributed by atoms with van der Waals surface area (Å²) in [4.78, 5) is 26.8. The van der Waals surface area contributed by atoms with E-state index in [4.69, 9.17) is 4.74 Å². The van der Waals surface area contributed by atoms with Gasteiger partial charge in [-0.25, -0.2) is 0 Å². The smallest absolute Gasteiger partial charge is 0.242 e. The largest absolute Gasteiger partial charge is 0.494 e. The topological polar surface area (TPSA) is 58.6 Å². The van der Waals surface area contributed by atoms with Crippen LogP contribution in [0.15, 0.2) is 59.1 Å². The highest BCUT2D eigenvalue weighted by atomic mass is 79.9. The Bertz CT molecular complexity index is 750. The summed E-state index contributed by atoms with van der Waals surface area (Å²) >= 11 is 3.42. The molecule has 0 saturated carbocycles. The van der Waals surface area contributed by atoms with Crippen molar-refractivity contribution in [1.82, 2.24) is 10.2 Å². The number of carbonyl (C=O) groups excluding carboxylic acids is 2. The normalized spacial score (nSPS) is 11.5. The van der Waals surface area contributed by atoms with Crippen LogP contribution in [0, 0.1) is 0 Å². The number of amides is 2. The van der Waals surface area contributed by atoms with E-state index in [1.54, 1.807) is 11.8 Å². The maximum absolute atomic E-state index is 12.9. The molecule has 0 radical (unpaired) electrons. The molecule has 0 saturated heterocycles. The van der Waals surface area contributed by atoms with Gasteiger partial charge in [0.1, 0.15) is 11.8 Å². The van der Waals surface area contributed by atoms with Crippen LogP contribution >= 0.6 is 15.9 Å². The van der Waals surface area contributed by atoms with E-state index in [0.29, 0.717) is 32.5 Å². The first-order valence-electron chi connectivity index (χ1n) is 9.50. The predicted molar refractivity (Wildman–Crippen MR) is 114 cm³/mol. The van der Waals surface area contributed by atoms with E-state index in [9.17, 15) is 9.59 Å². The van der Waals surface area contributed by atoms with Gasteiger partial charge in [0.15, 0.2) is 0 Å². The molecule has 0 spiro atoms. The summed E-state index contributed by atoms with van der Waals surface area (Å²) in [6.45, 7) is 5.02. The first kappa shape index (κ1) is 22.0. The highest BCUT2D eigenvalue weighted by Crippen LogP contribution is 2.16. The van der Waals surface area contributed by atoms with Crippen molar-refractivity contribution in [2.75, 3.05) is 13.2 Å². The molecule has 5 nitrogen and oxygen atoms in total.